The topological polar surface area (TPSA) is 96.0 Å². The summed E-state index contributed by atoms with van der Waals surface area (Å²) in [5.41, 5.74) is -0.406. The van der Waals surface area contributed by atoms with Gasteiger partial charge in [0.2, 0.25) is 11.8 Å². The predicted octanol–water partition coefficient (Wildman–Crippen LogP) is 7.12. The third-order valence-corrected chi connectivity index (χ3v) is 10.0. The van der Waals surface area contributed by atoms with E-state index < -0.39 is 51.9 Å². The van der Waals surface area contributed by atoms with Gasteiger partial charge in [-0.2, -0.15) is 13.2 Å². The minimum Gasteiger partial charge on any atom is -0.497 e. The Morgan fingerprint density at radius 1 is 0.898 bits per heavy atom. The molecule has 260 valence electrons. The van der Waals surface area contributed by atoms with E-state index in [0.29, 0.717) is 28.1 Å². The van der Waals surface area contributed by atoms with Gasteiger partial charge >= 0.3 is 6.18 Å². The summed E-state index contributed by atoms with van der Waals surface area (Å²) >= 11 is 6.38. The predicted molar refractivity (Wildman–Crippen MR) is 183 cm³/mol. The highest BCUT2D eigenvalue weighted by atomic mass is 35.5. The summed E-state index contributed by atoms with van der Waals surface area (Å²) in [7, 11) is -3.19. The van der Waals surface area contributed by atoms with Crippen molar-refractivity contribution < 1.29 is 35.9 Å². The molecule has 0 bridgehead atoms. The van der Waals surface area contributed by atoms with Crippen LogP contribution in [0.1, 0.15) is 37.0 Å². The average molecular weight is 716 g/mol. The van der Waals surface area contributed by atoms with E-state index >= 15 is 0 Å². The van der Waals surface area contributed by atoms with Crippen LogP contribution in [0.5, 0.6) is 5.75 Å². The van der Waals surface area contributed by atoms with Crippen LogP contribution in [0, 0.1) is 0 Å². The molecular formula is C36H37ClF3N3O5S. The summed E-state index contributed by atoms with van der Waals surface area (Å²) in [6.07, 6.45) is -4.17. The molecule has 2 amide bonds. The molecule has 0 aliphatic heterocycles. The number of carbonyl (C=O) groups excluding carboxylic acids is 2. The van der Waals surface area contributed by atoms with E-state index in [4.69, 9.17) is 16.3 Å². The number of hydrogen-bond acceptors (Lipinski definition) is 5. The summed E-state index contributed by atoms with van der Waals surface area (Å²) < 4.78 is 75.8. The molecule has 0 spiro atoms. The first-order valence-corrected chi connectivity index (χ1v) is 17.3. The number of hydrogen-bond donors (Lipinski definition) is 1. The Morgan fingerprint density at radius 3 is 2.14 bits per heavy atom. The van der Waals surface area contributed by atoms with E-state index in [-0.39, 0.29) is 28.9 Å². The van der Waals surface area contributed by atoms with Crippen LogP contribution < -0.4 is 14.4 Å². The number of amides is 2. The fraction of sp³-hybridized carbons (Fsp3) is 0.278. The highest BCUT2D eigenvalue weighted by molar-refractivity contribution is 7.92. The molecule has 0 aromatic heterocycles. The number of nitrogens with zero attached hydrogens (tertiary/aromatic N) is 2. The van der Waals surface area contributed by atoms with Crippen molar-refractivity contribution in [2.45, 2.75) is 56.4 Å². The second kappa shape index (κ2) is 16.2. The molecule has 0 aliphatic rings. The standard InChI is InChI=1S/C36H37ClF3N3O5S/c1-4-25(2)41-35(45)33(21-26-12-7-5-8-13-26)42(23-27-14-11-15-29(20-27)48-3)34(44)24-43(49(46,47)30-16-9-6-10-17-30)32-22-28(36(38,39)40)18-19-31(32)37/h5-20,22,25,33H,4,21,23-24H2,1-3H3,(H,41,45)/t25-,33-/m0/s1. The van der Waals surface area contributed by atoms with Crippen LogP contribution in [-0.4, -0.2) is 50.9 Å². The number of rotatable bonds is 14. The average Bonchev–Trinajstić information content (AvgIpc) is 3.09. The number of methoxy groups -OCH3 is 1. The van der Waals surface area contributed by atoms with Crippen LogP contribution in [0.3, 0.4) is 0 Å². The van der Waals surface area contributed by atoms with Gasteiger partial charge in [-0.1, -0.05) is 79.2 Å². The van der Waals surface area contributed by atoms with Crippen molar-refractivity contribution in [1.82, 2.24) is 10.2 Å². The maximum atomic E-state index is 14.6. The number of ether oxygens (including phenoxy) is 1. The highest BCUT2D eigenvalue weighted by Gasteiger charge is 2.37. The number of benzene rings is 4. The van der Waals surface area contributed by atoms with Gasteiger partial charge in [-0.3, -0.25) is 13.9 Å². The van der Waals surface area contributed by atoms with Gasteiger partial charge < -0.3 is 15.0 Å². The summed E-state index contributed by atoms with van der Waals surface area (Å²) in [6.45, 7) is 2.58. The van der Waals surface area contributed by atoms with E-state index in [9.17, 15) is 31.2 Å². The van der Waals surface area contributed by atoms with Gasteiger partial charge in [0.05, 0.1) is 28.3 Å². The third-order valence-electron chi connectivity index (χ3n) is 7.91. The molecule has 0 saturated heterocycles. The number of halogens is 4. The van der Waals surface area contributed by atoms with E-state index in [1.165, 1.54) is 36.3 Å². The van der Waals surface area contributed by atoms with Crippen molar-refractivity contribution >= 4 is 39.1 Å². The third kappa shape index (κ3) is 9.54. The molecular weight excluding hydrogens is 679 g/mol. The lowest BCUT2D eigenvalue weighted by Gasteiger charge is -2.34. The number of anilines is 1. The molecule has 8 nitrogen and oxygen atoms in total. The molecule has 0 unspecified atom stereocenters. The number of alkyl halides is 3. The molecule has 4 rings (SSSR count). The quantitative estimate of drug-likeness (QED) is 0.150. The zero-order valence-corrected chi connectivity index (χ0v) is 28.7. The minimum absolute atomic E-state index is 0.0641. The lowest BCUT2D eigenvalue weighted by molar-refractivity contribution is -0.140. The summed E-state index contributed by atoms with van der Waals surface area (Å²) in [6, 6.07) is 23.6. The zero-order valence-electron chi connectivity index (χ0n) is 27.2. The maximum absolute atomic E-state index is 14.6. The van der Waals surface area contributed by atoms with E-state index in [1.807, 2.05) is 19.9 Å². The molecule has 0 fully saturated rings. The fourth-order valence-corrected chi connectivity index (χ4v) is 6.79. The zero-order chi connectivity index (χ0) is 35.8. The van der Waals surface area contributed by atoms with Gasteiger partial charge in [0.15, 0.2) is 0 Å². The molecule has 13 heteroatoms. The Hall–Kier alpha value is -4.55. The van der Waals surface area contributed by atoms with Gasteiger partial charge in [-0.25, -0.2) is 8.42 Å². The molecule has 0 saturated carbocycles. The van der Waals surface area contributed by atoms with Crippen molar-refractivity contribution in [3.8, 4) is 5.75 Å². The van der Waals surface area contributed by atoms with Crippen LogP contribution in [0.15, 0.2) is 108 Å². The first kappa shape index (κ1) is 37.3. The SMILES string of the molecule is CC[C@H](C)NC(=O)[C@H](Cc1ccccc1)N(Cc1cccc(OC)c1)C(=O)CN(c1cc(C(F)(F)F)ccc1Cl)S(=O)(=O)c1ccccc1. The first-order valence-electron chi connectivity index (χ1n) is 15.5. The normalized spacial score (nSPS) is 12.9. The van der Waals surface area contributed by atoms with Crippen LogP contribution >= 0.6 is 11.6 Å². The highest BCUT2D eigenvalue weighted by Crippen LogP contribution is 2.37. The van der Waals surface area contributed by atoms with Crippen molar-refractivity contribution in [1.29, 1.82) is 0 Å². The number of carbonyl (C=O) groups is 2. The monoisotopic (exact) mass is 715 g/mol. The number of nitrogens with one attached hydrogen (secondary N) is 1. The molecule has 1 N–H and O–H groups in total. The lowest BCUT2D eigenvalue weighted by Crippen LogP contribution is -2.54. The molecule has 0 radical (unpaired) electrons. The minimum atomic E-state index is -4.83. The Morgan fingerprint density at radius 2 is 1.53 bits per heavy atom. The van der Waals surface area contributed by atoms with Crippen LogP contribution in [0.25, 0.3) is 0 Å². The first-order chi connectivity index (χ1) is 23.2. The smallest absolute Gasteiger partial charge is 0.416 e. The van der Waals surface area contributed by atoms with Gasteiger partial charge in [-0.05, 0) is 66.9 Å². The van der Waals surface area contributed by atoms with E-state index in [2.05, 4.69) is 5.32 Å². The molecule has 0 heterocycles. The Bertz CT molecular complexity index is 1840. The van der Waals surface area contributed by atoms with Gasteiger partial charge in [-0.15, -0.1) is 0 Å². The molecule has 0 aliphatic carbocycles. The Kier molecular flexibility index (Phi) is 12.3. The summed E-state index contributed by atoms with van der Waals surface area (Å²) in [4.78, 5) is 29.5. The number of sulfonamides is 1. The van der Waals surface area contributed by atoms with Crippen molar-refractivity contribution in [2.75, 3.05) is 18.0 Å². The van der Waals surface area contributed by atoms with Gasteiger partial charge in [0, 0.05) is 19.0 Å². The van der Waals surface area contributed by atoms with E-state index in [0.717, 1.165) is 17.7 Å². The molecule has 4 aromatic carbocycles. The van der Waals surface area contributed by atoms with Gasteiger partial charge in [0.1, 0.15) is 18.3 Å². The van der Waals surface area contributed by atoms with Gasteiger partial charge in [0.25, 0.3) is 10.0 Å². The molecule has 2 atom stereocenters. The van der Waals surface area contributed by atoms with Crippen molar-refractivity contribution in [2.24, 2.45) is 0 Å². The van der Waals surface area contributed by atoms with Crippen LogP contribution in [0.4, 0.5) is 18.9 Å². The van der Waals surface area contributed by atoms with Crippen molar-refractivity contribution in [3.63, 3.8) is 0 Å². The van der Waals surface area contributed by atoms with Crippen LogP contribution in [-0.2, 0) is 38.8 Å². The summed E-state index contributed by atoms with van der Waals surface area (Å²) in [5, 5.41) is 2.61. The fourth-order valence-electron chi connectivity index (χ4n) is 5.08. The van der Waals surface area contributed by atoms with Crippen molar-refractivity contribution in [3.05, 3.63) is 125 Å². The molecule has 4 aromatic rings. The molecule has 49 heavy (non-hydrogen) atoms. The second-order valence-corrected chi connectivity index (χ2v) is 13.7. The second-order valence-electron chi connectivity index (χ2n) is 11.4. The Balaban J connectivity index is 1.88. The maximum Gasteiger partial charge on any atom is 0.416 e. The lowest BCUT2D eigenvalue weighted by atomic mass is 10.0. The van der Waals surface area contributed by atoms with E-state index in [1.54, 1.807) is 54.6 Å². The largest absolute Gasteiger partial charge is 0.497 e. The Labute approximate surface area is 289 Å². The van der Waals surface area contributed by atoms with Crippen LogP contribution in [0.2, 0.25) is 5.02 Å². The summed E-state index contributed by atoms with van der Waals surface area (Å²) in [5.74, 6) is -0.849.